The maximum Gasteiger partial charge on any atom is 0.268 e. The number of ether oxygens (including phenoxy) is 1. The number of nitrogens with zero attached hydrogens (tertiary/aromatic N) is 2. The summed E-state index contributed by atoms with van der Waals surface area (Å²) in [6.07, 6.45) is 2.57. The van der Waals surface area contributed by atoms with E-state index in [-0.39, 0.29) is 43.6 Å². The molecule has 2 aromatic heterocycles. The van der Waals surface area contributed by atoms with Crippen LogP contribution in [-0.4, -0.2) is 30.2 Å². The summed E-state index contributed by atoms with van der Waals surface area (Å²) < 4.78 is 62.3. The number of sulfonamides is 1. The van der Waals surface area contributed by atoms with Crippen LogP contribution in [0.4, 0.5) is 14.5 Å². The molecular weight excluding hydrogens is 562 g/mol. The molecule has 0 radical (unpaired) electrons. The van der Waals surface area contributed by atoms with E-state index >= 15 is 0 Å². The Morgan fingerprint density at radius 1 is 1.15 bits per heavy atom. The number of pyridine rings is 1. The Labute approximate surface area is 231 Å². The first-order chi connectivity index (χ1) is 18.9. The highest BCUT2D eigenvalue weighted by atomic mass is 32.2. The normalized spacial score (nSPS) is 14.0. The Kier molecular flexibility index (Phi) is 6.85. The van der Waals surface area contributed by atoms with Gasteiger partial charge >= 0.3 is 0 Å². The number of anilines is 1. The Morgan fingerprint density at radius 3 is 2.52 bits per heavy atom. The van der Waals surface area contributed by atoms with Crippen LogP contribution in [0.25, 0.3) is 21.2 Å². The zero-order chi connectivity index (χ0) is 28.8. The van der Waals surface area contributed by atoms with Crippen molar-refractivity contribution in [1.29, 1.82) is 5.26 Å². The summed E-state index contributed by atoms with van der Waals surface area (Å²) in [6, 6.07) is 10.7. The van der Waals surface area contributed by atoms with Crippen molar-refractivity contribution in [3.05, 3.63) is 75.5 Å². The van der Waals surface area contributed by atoms with Crippen molar-refractivity contribution >= 4 is 43.0 Å². The fourth-order valence-electron chi connectivity index (χ4n) is 4.05. The van der Waals surface area contributed by atoms with Gasteiger partial charge in [-0.05, 0) is 56.2 Å². The van der Waals surface area contributed by atoms with Gasteiger partial charge in [-0.3, -0.25) is 14.3 Å². The number of hydrogen-bond acceptors (Lipinski definition) is 7. The summed E-state index contributed by atoms with van der Waals surface area (Å²) in [7, 11) is -2.14. The Bertz CT molecular complexity index is 1890. The van der Waals surface area contributed by atoms with Gasteiger partial charge in [0.1, 0.15) is 21.8 Å². The van der Waals surface area contributed by atoms with Crippen LogP contribution >= 0.6 is 11.3 Å². The number of aromatic nitrogens is 1. The van der Waals surface area contributed by atoms with Gasteiger partial charge in [0.05, 0.1) is 16.7 Å². The molecule has 0 unspecified atom stereocenters. The highest BCUT2D eigenvalue weighted by Gasteiger charge is 2.45. The molecule has 9 nitrogen and oxygen atoms in total. The molecule has 1 amide bonds. The number of nitrogens with one attached hydrogen (secondary N) is 2. The molecule has 0 atom stereocenters. The third kappa shape index (κ3) is 5.28. The molecule has 2 heterocycles. The van der Waals surface area contributed by atoms with E-state index in [4.69, 9.17) is 4.74 Å². The number of benzene rings is 2. The van der Waals surface area contributed by atoms with Gasteiger partial charge in [0.25, 0.3) is 11.5 Å². The van der Waals surface area contributed by atoms with Crippen molar-refractivity contribution in [3.63, 3.8) is 0 Å². The van der Waals surface area contributed by atoms with Crippen molar-refractivity contribution in [1.82, 2.24) is 9.88 Å². The van der Waals surface area contributed by atoms with Gasteiger partial charge in [-0.25, -0.2) is 17.2 Å². The number of amides is 1. The van der Waals surface area contributed by atoms with Crippen molar-refractivity contribution in [3.8, 4) is 28.7 Å². The Morgan fingerprint density at radius 2 is 1.88 bits per heavy atom. The van der Waals surface area contributed by atoms with Crippen LogP contribution in [-0.2, 0) is 17.1 Å². The van der Waals surface area contributed by atoms with Gasteiger partial charge in [-0.2, -0.15) is 5.26 Å². The molecule has 4 aromatic rings. The minimum atomic E-state index is -3.66. The highest BCUT2D eigenvalue weighted by molar-refractivity contribution is 7.92. The number of hydrogen-bond donors (Lipinski definition) is 2. The second-order valence-electron chi connectivity index (χ2n) is 9.35. The molecule has 2 N–H and O–H groups in total. The largest absolute Gasteiger partial charge is 0.454 e. The lowest BCUT2D eigenvalue weighted by atomic mass is 10.0. The topological polar surface area (TPSA) is 130 Å². The number of carbonyl (C=O) groups excluding carboxylic acids is 1. The molecule has 40 heavy (non-hydrogen) atoms. The molecule has 0 saturated heterocycles. The molecular formula is C27H22F2N4O5S2. The van der Waals surface area contributed by atoms with Crippen LogP contribution in [0.2, 0.25) is 0 Å². The summed E-state index contributed by atoms with van der Waals surface area (Å²) in [4.78, 5) is 26.2. The van der Waals surface area contributed by atoms with Crippen LogP contribution in [0.3, 0.4) is 0 Å². The summed E-state index contributed by atoms with van der Waals surface area (Å²) in [5, 5.41) is 12.4. The van der Waals surface area contributed by atoms with E-state index in [1.807, 2.05) is 0 Å². The fraction of sp³-hybridized carbons (Fsp3) is 0.222. The first-order valence-corrected chi connectivity index (χ1v) is 14.6. The zero-order valence-electron chi connectivity index (χ0n) is 21.2. The molecule has 1 aliphatic carbocycles. The van der Waals surface area contributed by atoms with E-state index in [1.54, 1.807) is 0 Å². The van der Waals surface area contributed by atoms with E-state index < -0.39 is 33.1 Å². The molecule has 1 aliphatic rings. The smallest absolute Gasteiger partial charge is 0.268 e. The summed E-state index contributed by atoms with van der Waals surface area (Å²) in [5.74, 6) is -2.61. The summed E-state index contributed by atoms with van der Waals surface area (Å²) in [6.45, 7) is 1.48. The van der Waals surface area contributed by atoms with Gasteiger partial charge in [-0.1, -0.05) is 0 Å². The molecule has 206 valence electrons. The van der Waals surface area contributed by atoms with Crippen LogP contribution in [0.1, 0.15) is 29.4 Å². The molecule has 0 bridgehead atoms. The minimum absolute atomic E-state index is 0.0866. The van der Waals surface area contributed by atoms with Crippen LogP contribution in [0.15, 0.2) is 53.5 Å². The predicted octanol–water partition coefficient (Wildman–Crippen LogP) is 4.89. The highest BCUT2D eigenvalue weighted by Crippen LogP contribution is 2.41. The lowest BCUT2D eigenvalue weighted by Gasteiger charge is -2.16. The van der Waals surface area contributed by atoms with Crippen molar-refractivity contribution in [2.75, 3.05) is 10.5 Å². The van der Waals surface area contributed by atoms with E-state index in [9.17, 15) is 32.0 Å². The number of thiophene rings is 1. The molecule has 1 fully saturated rings. The third-order valence-electron chi connectivity index (χ3n) is 6.44. The van der Waals surface area contributed by atoms with Crippen LogP contribution < -0.4 is 20.3 Å². The third-order valence-corrected chi connectivity index (χ3v) is 8.87. The zero-order valence-corrected chi connectivity index (χ0v) is 22.9. The van der Waals surface area contributed by atoms with Gasteiger partial charge in [0, 0.05) is 41.5 Å². The Balaban J connectivity index is 1.68. The second-order valence-corrected chi connectivity index (χ2v) is 12.4. The van der Waals surface area contributed by atoms with E-state index in [0.29, 0.717) is 29.9 Å². The van der Waals surface area contributed by atoms with Gasteiger partial charge < -0.3 is 14.6 Å². The Hall–Kier alpha value is -4.28. The van der Waals surface area contributed by atoms with Gasteiger partial charge in [-0.15, -0.1) is 11.3 Å². The summed E-state index contributed by atoms with van der Waals surface area (Å²) >= 11 is 0.957. The van der Waals surface area contributed by atoms with Crippen LogP contribution in [0, 0.1) is 23.0 Å². The maximum atomic E-state index is 14.5. The number of rotatable bonds is 8. The molecule has 5 rings (SSSR count). The molecule has 0 spiro atoms. The SMILES string of the molecule is CCS(=O)(=O)Nc1ccc(Oc2ccc(F)cc2F)c(-c2cn(C)c(=O)c3sc(C(=O)NC4(C#N)CC4)cc23)c1. The number of fused-ring (bicyclic) bond motifs is 1. The second kappa shape index (κ2) is 10.0. The van der Waals surface area contributed by atoms with Crippen molar-refractivity contribution < 1.29 is 26.7 Å². The first-order valence-electron chi connectivity index (χ1n) is 12.1. The monoisotopic (exact) mass is 584 g/mol. The average molecular weight is 585 g/mol. The van der Waals surface area contributed by atoms with Gasteiger partial charge in [0.2, 0.25) is 10.0 Å². The average Bonchev–Trinajstić information content (AvgIpc) is 3.54. The number of nitriles is 1. The van der Waals surface area contributed by atoms with Crippen molar-refractivity contribution in [2.24, 2.45) is 7.05 Å². The summed E-state index contributed by atoms with van der Waals surface area (Å²) in [5.41, 5.74) is -0.431. The van der Waals surface area contributed by atoms with Gasteiger partial charge in [0.15, 0.2) is 11.6 Å². The van der Waals surface area contributed by atoms with E-state index in [1.165, 1.54) is 49.0 Å². The number of aryl methyl sites for hydroxylation is 1. The van der Waals surface area contributed by atoms with E-state index in [0.717, 1.165) is 23.5 Å². The van der Waals surface area contributed by atoms with Crippen LogP contribution in [0.5, 0.6) is 11.5 Å². The molecule has 0 aliphatic heterocycles. The van der Waals surface area contributed by atoms with E-state index in [2.05, 4.69) is 16.1 Å². The molecule has 2 aromatic carbocycles. The maximum absolute atomic E-state index is 14.5. The quantitative estimate of drug-likeness (QED) is 0.304. The molecule has 13 heteroatoms. The van der Waals surface area contributed by atoms with Crippen molar-refractivity contribution in [2.45, 2.75) is 25.3 Å². The molecule has 1 saturated carbocycles. The predicted molar refractivity (Wildman–Crippen MR) is 147 cm³/mol. The fourth-order valence-corrected chi connectivity index (χ4v) is 5.73. The first kappa shape index (κ1) is 27.3. The number of carbonyl (C=O) groups is 1. The lowest BCUT2D eigenvalue weighted by Crippen LogP contribution is -2.35. The lowest BCUT2D eigenvalue weighted by molar-refractivity contribution is 0.0945. The minimum Gasteiger partial charge on any atom is -0.454 e. The number of halogens is 2. The standard InChI is InChI=1S/C27H22F2N4O5S2/c1-3-40(36,37)32-16-5-7-21(38-22-6-4-15(28)10-20(22)29)17(11-16)19-13-33(2)26(35)24-18(19)12-23(39-24)25(34)31-27(14-30)8-9-27/h4-7,10-13,32H,3,8-9H2,1-2H3,(H,31,34).